The lowest BCUT2D eigenvalue weighted by molar-refractivity contribution is 0.669. The predicted molar refractivity (Wildman–Crippen MR) is 172 cm³/mol. The lowest BCUT2D eigenvalue weighted by Gasteiger charge is -2.15. The molecule has 42 heavy (non-hydrogen) atoms. The van der Waals surface area contributed by atoms with Crippen LogP contribution in [0.15, 0.2) is 126 Å². The largest absolute Gasteiger partial charge is 0.456 e. The Morgan fingerprint density at radius 1 is 0.476 bits per heavy atom. The lowest BCUT2D eigenvalue weighted by atomic mass is 9.87. The average molecular weight is 553 g/mol. The summed E-state index contributed by atoms with van der Waals surface area (Å²) in [5.41, 5.74) is 8.42. The number of thiophene rings is 1. The third-order valence-corrected chi connectivity index (χ3v) is 9.13. The number of hydrogen-bond acceptors (Lipinski definition) is 4. The lowest BCUT2D eigenvalue weighted by Crippen LogP contribution is -1.93. The van der Waals surface area contributed by atoms with Gasteiger partial charge in [0.05, 0.1) is 17.2 Å². The maximum absolute atomic E-state index is 10.6. The van der Waals surface area contributed by atoms with Crippen LogP contribution >= 0.6 is 11.3 Å². The molecule has 0 aliphatic heterocycles. The quantitative estimate of drug-likeness (QED) is 0.219. The molecule has 0 radical (unpaired) electrons. The summed E-state index contributed by atoms with van der Waals surface area (Å²) in [4.78, 5) is 0. The number of rotatable bonds is 3. The van der Waals surface area contributed by atoms with Gasteiger partial charge < -0.3 is 4.42 Å². The first-order chi connectivity index (χ1) is 20.7. The Bertz CT molecular complexity index is 2430. The van der Waals surface area contributed by atoms with Crippen molar-refractivity contribution < 1.29 is 4.42 Å². The molecule has 0 saturated carbocycles. The van der Waals surface area contributed by atoms with Crippen LogP contribution in [0.1, 0.15) is 11.1 Å². The van der Waals surface area contributed by atoms with E-state index >= 15 is 0 Å². The van der Waals surface area contributed by atoms with E-state index in [9.17, 15) is 10.5 Å². The Morgan fingerprint density at radius 3 is 1.90 bits per heavy atom. The molecule has 0 unspecified atom stereocenters. The second-order valence-electron chi connectivity index (χ2n) is 10.4. The molecule has 3 nitrogen and oxygen atoms in total. The summed E-state index contributed by atoms with van der Waals surface area (Å²) in [6, 6.07) is 45.6. The van der Waals surface area contributed by atoms with Gasteiger partial charge in [0.25, 0.3) is 0 Å². The van der Waals surface area contributed by atoms with Gasteiger partial charge in [0.1, 0.15) is 17.2 Å². The van der Waals surface area contributed by atoms with Crippen LogP contribution in [0, 0.1) is 22.7 Å². The molecule has 0 amide bonds. The molecular formula is C38H20N2OS. The molecule has 0 bridgehead atoms. The minimum absolute atomic E-state index is 0.609. The van der Waals surface area contributed by atoms with E-state index < -0.39 is 0 Å². The smallest absolute Gasteiger partial charge is 0.136 e. The fraction of sp³-hybridized carbons (Fsp3) is 0. The van der Waals surface area contributed by atoms with Crippen molar-refractivity contribution in [2.45, 2.75) is 0 Å². The van der Waals surface area contributed by atoms with Crippen molar-refractivity contribution in [3.05, 3.63) is 132 Å². The van der Waals surface area contributed by atoms with Crippen molar-refractivity contribution >= 4 is 53.4 Å². The normalized spacial score (nSPS) is 11.3. The topological polar surface area (TPSA) is 60.7 Å². The van der Waals surface area contributed by atoms with Crippen molar-refractivity contribution in [1.29, 1.82) is 10.5 Å². The van der Waals surface area contributed by atoms with Crippen molar-refractivity contribution in [2.24, 2.45) is 0 Å². The Kier molecular flexibility index (Phi) is 5.44. The number of benzene rings is 6. The second-order valence-corrected chi connectivity index (χ2v) is 11.4. The number of nitriles is 2. The van der Waals surface area contributed by atoms with Gasteiger partial charge in [-0.2, -0.15) is 10.5 Å². The van der Waals surface area contributed by atoms with Crippen LogP contribution in [0.4, 0.5) is 0 Å². The molecule has 0 aliphatic rings. The molecule has 0 aliphatic carbocycles. The zero-order valence-electron chi connectivity index (χ0n) is 22.3. The highest BCUT2D eigenvalue weighted by Crippen LogP contribution is 2.42. The zero-order valence-corrected chi connectivity index (χ0v) is 23.1. The van der Waals surface area contributed by atoms with Gasteiger partial charge in [0.15, 0.2) is 0 Å². The minimum atomic E-state index is 0.609. The van der Waals surface area contributed by atoms with E-state index in [0.29, 0.717) is 11.1 Å². The number of hydrogen-bond donors (Lipinski definition) is 0. The number of furan rings is 1. The van der Waals surface area contributed by atoms with Gasteiger partial charge in [0.2, 0.25) is 0 Å². The van der Waals surface area contributed by atoms with Crippen molar-refractivity contribution in [3.63, 3.8) is 0 Å². The molecule has 194 valence electrons. The van der Waals surface area contributed by atoms with Crippen LogP contribution in [-0.2, 0) is 0 Å². The van der Waals surface area contributed by atoms with Gasteiger partial charge in [-0.05, 0) is 82.9 Å². The Balaban J connectivity index is 1.39. The van der Waals surface area contributed by atoms with Gasteiger partial charge >= 0.3 is 0 Å². The van der Waals surface area contributed by atoms with E-state index in [1.807, 2.05) is 48.5 Å². The standard InChI is InChI=1S/C38H20N2OS/c39-21-23-9-11-24(12-10-23)27-18-31(25-14-16-38-33(17-25)30-6-2-4-8-37(30)42-38)34(22-40)32(19-27)26-13-15-29-28-5-1-3-7-35(28)41-36(29)20-26/h1-20H. The number of fused-ring (bicyclic) bond motifs is 6. The molecule has 6 aromatic carbocycles. The van der Waals surface area contributed by atoms with Crippen molar-refractivity contribution in [2.75, 3.05) is 0 Å². The molecule has 0 N–H and O–H groups in total. The van der Waals surface area contributed by atoms with Gasteiger partial charge in [-0.25, -0.2) is 0 Å². The van der Waals surface area contributed by atoms with Crippen LogP contribution in [0.5, 0.6) is 0 Å². The van der Waals surface area contributed by atoms with E-state index in [4.69, 9.17) is 4.42 Å². The van der Waals surface area contributed by atoms with E-state index in [-0.39, 0.29) is 0 Å². The third kappa shape index (κ3) is 3.79. The van der Waals surface area contributed by atoms with E-state index in [1.54, 1.807) is 11.3 Å². The van der Waals surface area contributed by atoms with Gasteiger partial charge in [-0.3, -0.25) is 0 Å². The van der Waals surface area contributed by atoms with Crippen LogP contribution in [0.25, 0.3) is 75.5 Å². The van der Waals surface area contributed by atoms with E-state index in [0.717, 1.165) is 55.3 Å². The highest BCUT2D eigenvalue weighted by Gasteiger charge is 2.18. The molecule has 4 heteroatoms. The predicted octanol–water partition coefficient (Wildman–Crippen LogP) is 10.7. The van der Waals surface area contributed by atoms with Crippen molar-refractivity contribution in [3.8, 4) is 45.5 Å². The average Bonchev–Trinajstić information content (AvgIpc) is 3.61. The van der Waals surface area contributed by atoms with Crippen LogP contribution in [-0.4, -0.2) is 0 Å². The van der Waals surface area contributed by atoms with Crippen LogP contribution in [0.2, 0.25) is 0 Å². The minimum Gasteiger partial charge on any atom is -0.456 e. The Hall–Kier alpha value is -5.68. The first kappa shape index (κ1) is 24.1. The summed E-state index contributed by atoms with van der Waals surface area (Å²) in [7, 11) is 0. The summed E-state index contributed by atoms with van der Waals surface area (Å²) < 4.78 is 8.68. The van der Waals surface area contributed by atoms with Gasteiger partial charge in [-0.15, -0.1) is 11.3 Å². The number of para-hydroxylation sites is 1. The summed E-state index contributed by atoms with van der Waals surface area (Å²) in [5, 5.41) is 24.5. The maximum atomic E-state index is 10.6. The molecule has 8 rings (SSSR count). The molecule has 0 spiro atoms. The van der Waals surface area contributed by atoms with Gasteiger partial charge in [-0.1, -0.05) is 60.7 Å². The molecule has 0 saturated heterocycles. The van der Waals surface area contributed by atoms with E-state index in [2.05, 4.69) is 84.9 Å². The fourth-order valence-electron chi connectivity index (χ4n) is 5.91. The summed E-state index contributed by atoms with van der Waals surface area (Å²) in [6.45, 7) is 0. The third-order valence-electron chi connectivity index (χ3n) is 7.97. The van der Waals surface area contributed by atoms with Crippen LogP contribution in [0.3, 0.4) is 0 Å². The van der Waals surface area contributed by atoms with Crippen LogP contribution < -0.4 is 0 Å². The highest BCUT2D eigenvalue weighted by molar-refractivity contribution is 7.25. The number of nitrogens with zero attached hydrogens (tertiary/aromatic N) is 2. The molecule has 2 heterocycles. The first-order valence-corrected chi connectivity index (χ1v) is 14.4. The van der Waals surface area contributed by atoms with Gasteiger partial charge in [0, 0.05) is 42.1 Å². The monoisotopic (exact) mass is 552 g/mol. The zero-order chi connectivity index (χ0) is 28.2. The molecule has 0 fully saturated rings. The Morgan fingerprint density at radius 2 is 1.12 bits per heavy atom. The summed E-state index contributed by atoms with van der Waals surface area (Å²) in [6.07, 6.45) is 0. The molecular weight excluding hydrogens is 532 g/mol. The SMILES string of the molecule is N#Cc1ccc(-c2cc(-c3ccc4c(c3)oc3ccccc34)c(C#N)c(-c3ccc4sc5ccccc5c4c3)c2)cc1. The summed E-state index contributed by atoms with van der Waals surface area (Å²) in [5.74, 6) is 0. The first-order valence-electron chi connectivity index (χ1n) is 13.6. The maximum Gasteiger partial charge on any atom is 0.136 e. The second kappa shape index (κ2) is 9.46. The molecule has 2 aromatic heterocycles. The summed E-state index contributed by atoms with van der Waals surface area (Å²) >= 11 is 1.78. The highest BCUT2D eigenvalue weighted by atomic mass is 32.1. The molecule has 8 aromatic rings. The van der Waals surface area contributed by atoms with Crippen molar-refractivity contribution in [1.82, 2.24) is 0 Å². The molecule has 0 atom stereocenters. The Labute approximate surface area is 245 Å². The van der Waals surface area contributed by atoms with E-state index in [1.165, 1.54) is 20.2 Å². The fourth-order valence-corrected chi connectivity index (χ4v) is 7.00.